The van der Waals surface area contributed by atoms with Crippen molar-refractivity contribution in [1.29, 1.82) is 0 Å². The number of anilines is 2. The maximum atomic E-state index is 14.3. The summed E-state index contributed by atoms with van der Waals surface area (Å²) in [6, 6.07) is 6.79. The number of benzene rings is 1. The Morgan fingerprint density at radius 1 is 1.00 bits per heavy atom. The second-order valence-corrected chi connectivity index (χ2v) is 9.95. The van der Waals surface area contributed by atoms with Crippen molar-refractivity contribution in [2.24, 2.45) is 11.8 Å². The number of hydrogen-bond acceptors (Lipinski definition) is 7. The number of fused-ring (bicyclic) bond motifs is 2. The van der Waals surface area contributed by atoms with Gasteiger partial charge in [0.15, 0.2) is 0 Å². The molecule has 1 unspecified atom stereocenters. The van der Waals surface area contributed by atoms with Crippen LogP contribution in [0.3, 0.4) is 0 Å². The molecule has 2 amide bonds. The predicted molar refractivity (Wildman–Crippen MR) is 138 cm³/mol. The second-order valence-electron chi connectivity index (χ2n) is 9.95. The monoisotopic (exact) mass is 509 g/mol. The van der Waals surface area contributed by atoms with Crippen LogP contribution in [-0.2, 0) is 23.9 Å². The van der Waals surface area contributed by atoms with Crippen LogP contribution < -0.4 is 9.80 Å². The zero-order valence-corrected chi connectivity index (χ0v) is 21.6. The first-order valence-corrected chi connectivity index (χ1v) is 13.2. The number of cyclic esters (lactones) is 1. The molecule has 9 nitrogen and oxygen atoms in total. The van der Waals surface area contributed by atoms with Crippen molar-refractivity contribution in [2.75, 3.05) is 49.2 Å². The minimum Gasteiger partial charge on any atom is -0.461 e. The minimum absolute atomic E-state index is 0.0316. The average Bonchev–Trinajstić information content (AvgIpc) is 3.17. The Kier molecular flexibility index (Phi) is 6.62. The average molecular weight is 510 g/mol. The molecule has 2 saturated heterocycles. The van der Waals surface area contributed by atoms with Crippen LogP contribution in [0.4, 0.5) is 11.4 Å². The van der Waals surface area contributed by atoms with Crippen LogP contribution in [0.2, 0.25) is 0 Å². The summed E-state index contributed by atoms with van der Waals surface area (Å²) < 4.78 is 12.2. The van der Waals surface area contributed by atoms with Crippen LogP contribution in [0, 0.1) is 11.8 Å². The van der Waals surface area contributed by atoms with Gasteiger partial charge in [-0.3, -0.25) is 14.4 Å². The van der Waals surface area contributed by atoms with Crippen molar-refractivity contribution in [3.05, 3.63) is 48.6 Å². The molecule has 4 aliphatic rings. The van der Waals surface area contributed by atoms with Gasteiger partial charge in [-0.2, -0.15) is 0 Å². The molecule has 0 saturated carbocycles. The minimum atomic E-state index is -1.35. The summed E-state index contributed by atoms with van der Waals surface area (Å²) in [4.78, 5) is 46.6. The van der Waals surface area contributed by atoms with Gasteiger partial charge in [0.1, 0.15) is 29.8 Å². The third-order valence-corrected chi connectivity index (χ3v) is 8.33. The van der Waals surface area contributed by atoms with Gasteiger partial charge in [0.05, 0.1) is 12.5 Å². The normalized spacial score (nSPS) is 32.5. The molecule has 1 N–H and O–H groups in total. The molecule has 0 aliphatic carbocycles. The van der Waals surface area contributed by atoms with Crippen LogP contribution in [0.5, 0.6) is 0 Å². The lowest BCUT2D eigenvalue weighted by Crippen LogP contribution is -2.56. The predicted octanol–water partition coefficient (Wildman–Crippen LogP) is 1.90. The standard InChI is InChI=1S/C28H35N3O6/c1-4-27-13-8-18-36-26(35)22(27)21-24(33)31(16-17-32)23-25(34)30(15-7-14-28(21,23)37-27)20-11-9-19(10-12-20)29(5-2)6-3/h7-14,21-23,32H,4-6,15-18H2,1-3H3/t21-,22-,23?,27+,28-/m0/s1. The van der Waals surface area contributed by atoms with E-state index >= 15 is 0 Å². The van der Waals surface area contributed by atoms with E-state index in [9.17, 15) is 19.5 Å². The molecule has 0 aromatic heterocycles. The molecule has 9 heteroatoms. The Morgan fingerprint density at radius 3 is 2.38 bits per heavy atom. The SMILES string of the molecule is CCN(CC)c1ccc(N2CC=C[C@]34O[C@]5(CC)C=CCOC(=O)[C@@H]5[C@H]3C(=O)N(CCO)C4C2=O)cc1. The molecule has 5 atom stereocenters. The number of aliphatic hydroxyl groups excluding tert-OH is 1. The summed E-state index contributed by atoms with van der Waals surface area (Å²) in [7, 11) is 0. The lowest BCUT2D eigenvalue weighted by atomic mass is 9.73. The molecule has 0 bridgehead atoms. The molecule has 198 valence electrons. The van der Waals surface area contributed by atoms with E-state index in [1.54, 1.807) is 17.1 Å². The number of carbonyl (C=O) groups excluding carboxylic acids is 3. The number of carbonyl (C=O) groups is 3. The van der Waals surface area contributed by atoms with E-state index < -0.39 is 35.0 Å². The summed E-state index contributed by atoms with van der Waals surface area (Å²) in [5.41, 5.74) is -0.627. The Hall–Kier alpha value is -3.17. The van der Waals surface area contributed by atoms with Crippen molar-refractivity contribution in [1.82, 2.24) is 4.90 Å². The molecule has 1 aromatic rings. The number of amides is 2. The quantitative estimate of drug-likeness (QED) is 0.443. The summed E-state index contributed by atoms with van der Waals surface area (Å²) >= 11 is 0. The van der Waals surface area contributed by atoms with Crippen molar-refractivity contribution in [3.8, 4) is 0 Å². The van der Waals surface area contributed by atoms with Gasteiger partial charge in [0.2, 0.25) is 5.91 Å². The molecule has 5 rings (SSSR count). The fourth-order valence-electron chi connectivity index (χ4n) is 6.61. The number of ether oxygens (including phenoxy) is 2. The Bertz CT molecular complexity index is 1130. The van der Waals surface area contributed by atoms with Crippen LogP contribution >= 0.6 is 0 Å². The smallest absolute Gasteiger partial charge is 0.313 e. The zero-order chi connectivity index (χ0) is 26.4. The number of esters is 1. The Labute approximate surface area is 217 Å². The molecular formula is C28H35N3O6. The number of β-amino-alcohol motifs (C(OH)–C–C–N with tert-alkyl or cyclic N) is 1. The molecule has 1 aromatic carbocycles. The van der Waals surface area contributed by atoms with Gasteiger partial charge in [-0.05, 0) is 50.6 Å². The summed E-state index contributed by atoms with van der Waals surface area (Å²) in [5.74, 6) is -2.98. The highest BCUT2D eigenvalue weighted by Crippen LogP contribution is 2.58. The molecular weight excluding hydrogens is 474 g/mol. The Morgan fingerprint density at radius 2 is 1.73 bits per heavy atom. The van der Waals surface area contributed by atoms with E-state index in [2.05, 4.69) is 18.7 Å². The topological polar surface area (TPSA) is 99.6 Å². The van der Waals surface area contributed by atoms with E-state index in [-0.39, 0.29) is 31.6 Å². The van der Waals surface area contributed by atoms with Crippen LogP contribution in [0.25, 0.3) is 0 Å². The maximum Gasteiger partial charge on any atom is 0.313 e. The summed E-state index contributed by atoms with van der Waals surface area (Å²) in [5, 5.41) is 9.81. The number of likely N-dealkylation sites (tertiary alicyclic amines) is 1. The second kappa shape index (κ2) is 9.61. The van der Waals surface area contributed by atoms with E-state index in [4.69, 9.17) is 9.47 Å². The first-order chi connectivity index (χ1) is 17.9. The lowest BCUT2D eigenvalue weighted by molar-refractivity contribution is -0.157. The van der Waals surface area contributed by atoms with Gasteiger partial charge in [0, 0.05) is 37.6 Å². The summed E-state index contributed by atoms with van der Waals surface area (Å²) in [6.45, 7) is 7.92. The van der Waals surface area contributed by atoms with Crippen molar-refractivity contribution >= 4 is 29.2 Å². The maximum absolute atomic E-state index is 14.3. The van der Waals surface area contributed by atoms with Crippen molar-refractivity contribution < 1.29 is 29.0 Å². The van der Waals surface area contributed by atoms with Crippen molar-refractivity contribution in [2.45, 2.75) is 44.4 Å². The number of hydrogen-bond donors (Lipinski definition) is 1. The number of aliphatic hydroxyl groups is 1. The van der Waals surface area contributed by atoms with Gasteiger partial charge < -0.3 is 29.3 Å². The highest BCUT2D eigenvalue weighted by molar-refractivity contribution is 6.05. The highest BCUT2D eigenvalue weighted by Gasteiger charge is 2.75. The van der Waals surface area contributed by atoms with E-state index in [0.29, 0.717) is 18.7 Å². The molecule has 2 fully saturated rings. The molecule has 0 radical (unpaired) electrons. The fraction of sp³-hybridized carbons (Fsp3) is 0.536. The van der Waals surface area contributed by atoms with E-state index in [1.165, 1.54) is 4.90 Å². The van der Waals surface area contributed by atoms with Crippen molar-refractivity contribution in [3.63, 3.8) is 0 Å². The zero-order valence-electron chi connectivity index (χ0n) is 21.6. The van der Waals surface area contributed by atoms with Gasteiger partial charge in [-0.25, -0.2) is 0 Å². The molecule has 37 heavy (non-hydrogen) atoms. The van der Waals surface area contributed by atoms with E-state index in [1.807, 2.05) is 43.3 Å². The molecule has 4 aliphatic heterocycles. The van der Waals surface area contributed by atoms with Crippen LogP contribution in [0.15, 0.2) is 48.6 Å². The van der Waals surface area contributed by atoms with Gasteiger partial charge in [0.25, 0.3) is 5.91 Å². The largest absolute Gasteiger partial charge is 0.461 e. The van der Waals surface area contributed by atoms with Gasteiger partial charge in [-0.15, -0.1) is 0 Å². The fourth-order valence-corrected chi connectivity index (χ4v) is 6.61. The van der Waals surface area contributed by atoms with Gasteiger partial charge >= 0.3 is 5.97 Å². The third-order valence-electron chi connectivity index (χ3n) is 8.33. The van der Waals surface area contributed by atoms with Crippen LogP contribution in [-0.4, -0.2) is 84.4 Å². The Balaban J connectivity index is 1.58. The number of nitrogens with zero attached hydrogens (tertiary/aromatic N) is 3. The molecule has 4 heterocycles. The third kappa shape index (κ3) is 3.70. The first kappa shape index (κ1) is 25.5. The first-order valence-electron chi connectivity index (χ1n) is 13.2. The molecule has 1 spiro atoms. The summed E-state index contributed by atoms with van der Waals surface area (Å²) in [6.07, 6.45) is 7.66. The van der Waals surface area contributed by atoms with E-state index in [0.717, 1.165) is 18.8 Å². The lowest BCUT2D eigenvalue weighted by Gasteiger charge is -2.38. The number of rotatable bonds is 7. The van der Waals surface area contributed by atoms with Crippen LogP contribution in [0.1, 0.15) is 27.2 Å². The highest BCUT2D eigenvalue weighted by atomic mass is 16.6. The van der Waals surface area contributed by atoms with Gasteiger partial charge in [-0.1, -0.05) is 25.2 Å².